The lowest BCUT2D eigenvalue weighted by Crippen LogP contribution is -2.19. The molecule has 0 aromatic carbocycles. The molecule has 0 saturated carbocycles. The molecule has 1 aromatic rings. The molecule has 1 aromatic heterocycles. The van der Waals surface area contributed by atoms with Gasteiger partial charge in [-0.2, -0.15) is 0 Å². The van der Waals surface area contributed by atoms with Gasteiger partial charge in [-0.05, 0) is 6.92 Å². The van der Waals surface area contributed by atoms with Gasteiger partial charge < -0.3 is 5.32 Å². The smallest absolute Gasteiger partial charge is 0.225 e. The Kier molecular flexibility index (Phi) is 3.11. The zero-order valence-corrected chi connectivity index (χ0v) is 8.63. The van der Waals surface area contributed by atoms with Crippen LogP contribution in [0.5, 0.6) is 0 Å². The van der Waals surface area contributed by atoms with Crippen LogP contribution in [0.2, 0.25) is 0 Å². The zero-order chi connectivity index (χ0) is 9.14. The third-order valence-electron chi connectivity index (χ3n) is 1.48. The molecule has 66 valence electrons. The number of thiol groups is 1. The van der Waals surface area contributed by atoms with Crippen LogP contribution in [0.4, 0.5) is 0 Å². The van der Waals surface area contributed by atoms with E-state index in [9.17, 15) is 4.79 Å². The highest BCUT2D eigenvalue weighted by molar-refractivity contribution is 7.82. The molecule has 5 heteroatoms. The Balaban J connectivity index is 2.75. The van der Waals surface area contributed by atoms with Crippen molar-refractivity contribution < 1.29 is 4.79 Å². The molecule has 3 nitrogen and oxygen atoms in total. The Morgan fingerprint density at radius 1 is 1.75 bits per heavy atom. The summed E-state index contributed by atoms with van der Waals surface area (Å²) in [5.74, 6) is 0.00934. The zero-order valence-electron chi connectivity index (χ0n) is 6.92. The summed E-state index contributed by atoms with van der Waals surface area (Å²) in [6, 6.07) is 0. The molecule has 0 radical (unpaired) electrons. The molecule has 0 spiro atoms. The van der Waals surface area contributed by atoms with E-state index in [2.05, 4.69) is 22.9 Å². The molecule has 0 bridgehead atoms. The van der Waals surface area contributed by atoms with Crippen molar-refractivity contribution in [1.82, 2.24) is 10.3 Å². The summed E-state index contributed by atoms with van der Waals surface area (Å²) in [4.78, 5) is 16.1. The third-order valence-corrected chi connectivity index (χ3v) is 2.82. The quantitative estimate of drug-likeness (QED) is 0.703. The average molecular weight is 202 g/mol. The first kappa shape index (κ1) is 9.54. The van der Waals surface area contributed by atoms with E-state index >= 15 is 0 Å². The lowest BCUT2D eigenvalue weighted by Gasteiger charge is -1.95. The Bertz CT molecular complexity index is 296. The lowest BCUT2D eigenvalue weighted by atomic mass is 10.3. The molecule has 0 unspecified atom stereocenters. The minimum Gasteiger partial charge on any atom is -0.359 e. The predicted molar refractivity (Wildman–Crippen MR) is 51.9 cm³/mol. The fourth-order valence-corrected chi connectivity index (χ4v) is 2.09. The van der Waals surface area contributed by atoms with Gasteiger partial charge in [-0.25, -0.2) is 4.98 Å². The number of likely N-dealkylation sites (N-methyl/N-ethyl adjacent to an activating group) is 1. The molecule has 0 fully saturated rings. The maximum Gasteiger partial charge on any atom is 0.225 e. The highest BCUT2D eigenvalue weighted by Gasteiger charge is 2.08. The maximum absolute atomic E-state index is 11.0. The van der Waals surface area contributed by atoms with Crippen LogP contribution in [0.1, 0.15) is 10.6 Å². The maximum atomic E-state index is 11.0. The summed E-state index contributed by atoms with van der Waals surface area (Å²) in [5, 5.41) is 2.56. The second-order valence-electron chi connectivity index (χ2n) is 2.35. The number of thiazole rings is 1. The fourth-order valence-electron chi connectivity index (χ4n) is 0.811. The van der Waals surface area contributed by atoms with Gasteiger partial charge in [0.1, 0.15) is 4.34 Å². The average Bonchev–Trinajstić information content (AvgIpc) is 2.30. The fraction of sp³-hybridized carbons (Fsp3) is 0.429. The van der Waals surface area contributed by atoms with Crippen molar-refractivity contribution in [2.45, 2.75) is 17.7 Å². The first-order valence-electron chi connectivity index (χ1n) is 3.49. The molecule has 1 rings (SSSR count). The van der Waals surface area contributed by atoms with E-state index in [0.29, 0.717) is 10.8 Å². The standard InChI is InChI=1S/C7H10N2OS2/c1-4-5(3-6(10)8-2)12-7(11)9-4/h3H2,1-2H3,(H,8,10)(H,9,11). The molecule has 1 N–H and O–H groups in total. The summed E-state index contributed by atoms with van der Waals surface area (Å²) in [6.45, 7) is 1.88. The second kappa shape index (κ2) is 3.91. The monoisotopic (exact) mass is 202 g/mol. The van der Waals surface area contributed by atoms with Gasteiger partial charge in [0.25, 0.3) is 0 Å². The number of hydrogen-bond donors (Lipinski definition) is 2. The van der Waals surface area contributed by atoms with Crippen molar-refractivity contribution in [2.75, 3.05) is 7.05 Å². The van der Waals surface area contributed by atoms with Crippen LogP contribution in [-0.4, -0.2) is 17.9 Å². The largest absolute Gasteiger partial charge is 0.359 e. The van der Waals surface area contributed by atoms with Crippen LogP contribution in [-0.2, 0) is 11.2 Å². The highest BCUT2D eigenvalue weighted by atomic mass is 32.2. The van der Waals surface area contributed by atoms with Gasteiger partial charge in [0.05, 0.1) is 12.1 Å². The number of nitrogens with one attached hydrogen (secondary N) is 1. The summed E-state index contributed by atoms with van der Waals surface area (Å²) >= 11 is 5.55. The van der Waals surface area contributed by atoms with Crippen molar-refractivity contribution in [2.24, 2.45) is 0 Å². The number of rotatable bonds is 2. The molecule has 0 aliphatic heterocycles. The summed E-state index contributed by atoms with van der Waals surface area (Å²) in [6.07, 6.45) is 0.403. The SMILES string of the molecule is CNC(=O)Cc1sc(S)nc1C. The van der Waals surface area contributed by atoms with Gasteiger partial charge in [0.2, 0.25) is 5.91 Å². The second-order valence-corrected chi connectivity index (χ2v) is 4.16. The topological polar surface area (TPSA) is 42.0 Å². The number of nitrogens with zero attached hydrogens (tertiary/aromatic N) is 1. The Hall–Kier alpha value is -0.550. The van der Waals surface area contributed by atoms with Gasteiger partial charge in [-0.1, -0.05) is 0 Å². The van der Waals surface area contributed by atoms with Gasteiger partial charge in [0, 0.05) is 11.9 Å². The van der Waals surface area contributed by atoms with Crippen LogP contribution >= 0.6 is 24.0 Å². The minimum absolute atomic E-state index is 0.00934. The van der Waals surface area contributed by atoms with E-state index < -0.39 is 0 Å². The van der Waals surface area contributed by atoms with Crippen LogP contribution in [0, 0.1) is 6.92 Å². The van der Waals surface area contributed by atoms with E-state index in [1.54, 1.807) is 7.05 Å². The summed E-state index contributed by atoms with van der Waals surface area (Å²) < 4.78 is 0.714. The van der Waals surface area contributed by atoms with E-state index in [0.717, 1.165) is 10.6 Å². The molecule has 12 heavy (non-hydrogen) atoms. The van der Waals surface area contributed by atoms with Crippen molar-refractivity contribution in [3.05, 3.63) is 10.6 Å². The number of carbonyl (C=O) groups is 1. The minimum atomic E-state index is 0.00934. The molecule has 0 aliphatic carbocycles. The number of carbonyl (C=O) groups excluding carboxylic acids is 1. The van der Waals surface area contributed by atoms with Gasteiger partial charge in [0.15, 0.2) is 0 Å². The number of aryl methyl sites for hydroxylation is 1. The van der Waals surface area contributed by atoms with E-state index in [4.69, 9.17) is 0 Å². The number of amides is 1. The van der Waals surface area contributed by atoms with Gasteiger partial charge >= 0.3 is 0 Å². The third kappa shape index (κ3) is 2.22. The highest BCUT2D eigenvalue weighted by Crippen LogP contribution is 2.20. The lowest BCUT2D eigenvalue weighted by molar-refractivity contribution is -0.119. The summed E-state index contributed by atoms with van der Waals surface area (Å²) in [7, 11) is 1.63. The Morgan fingerprint density at radius 3 is 2.83 bits per heavy atom. The van der Waals surface area contributed by atoms with Crippen LogP contribution in [0.25, 0.3) is 0 Å². The van der Waals surface area contributed by atoms with Gasteiger partial charge in [-0.15, -0.1) is 24.0 Å². The molecule has 0 atom stereocenters. The molecule has 1 amide bonds. The molecule has 0 aliphatic rings. The molecule has 0 saturated heterocycles. The normalized spacial score (nSPS) is 9.92. The summed E-state index contributed by atoms with van der Waals surface area (Å²) in [5.41, 5.74) is 0.897. The Morgan fingerprint density at radius 2 is 2.42 bits per heavy atom. The molecular weight excluding hydrogens is 192 g/mol. The molecular formula is C7H10N2OS2. The van der Waals surface area contributed by atoms with E-state index in [1.807, 2.05) is 6.92 Å². The van der Waals surface area contributed by atoms with Crippen molar-refractivity contribution >= 4 is 29.9 Å². The van der Waals surface area contributed by atoms with Gasteiger partial charge in [-0.3, -0.25) is 4.79 Å². The van der Waals surface area contributed by atoms with Crippen LogP contribution in [0.15, 0.2) is 4.34 Å². The number of hydrogen-bond acceptors (Lipinski definition) is 4. The van der Waals surface area contributed by atoms with Crippen LogP contribution < -0.4 is 5.32 Å². The predicted octanol–water partition coefficient (Wildman–Crippen LogP) is 1.03. The van der Waals surface area contributed by atoms with Crippen molar-refractivity contribution in [1.29, 1.82) is 0 Å². The first-order chi connectivity index (χ1) is 5.63. The van der Waals surface area contributed by atoms with Crippen molar-refractivity contribution in [3.8, 4) is 0 Å². The van der Waals surface area contributed by atoms with Crippen molar-refractivity contribution in [3.63, 3.8) is 0 Å². The number of aromatic nitrogens is 1. The Labute approximate surface area is 80.6 Å². The van der Waals surface area contributed by atoms with E-state index in [1.165, 1.54) is 11.3 Å². The van der Waals surface area contributed by atoms with Crippen LogP contribution in [0.3, 0.4) is 0 Å². The van der Waals surface area contributed by atoms with E-state index in [-0.39, 0.29) is 5.91 Å². The first-order valence-corrected chi connectivity index (χ1v) is 4.75. The molecule has 1 heterocycles.